The number of nitrogens with zero attached hydrogens (tertiary/aromatic N) is 3. The second kappa shape index (κ2) is 5.51. The number of amides is 1. The van der Waals surface area contributed by atoms with Gasteiger partial charge >= 0.3 is 0 Å². The highest BCUT2D eigenvalue weighted by molar-refractivity contribution is 9.10. The summed E-state index contributed by atoms with van der Waals surface area (Å²) >= 11 is 3.31. The fourth-order valence-electron chi connectivity index (χ4n) is 2.19. The van der Waals surface area contributed by atoms with Gasteiger partial charge in [-0.3, -0.25) is 4.79 Å². The molecule has 6 nitrogen and oxygen atoms in total. The van der Waals surface area contributed by atoms with Gasteiger partial charge in [-0.1, -0.05) is 0 Å². The molecule has 18 heavy (non-hydrogen) atoms. The van der Waals surface area contributed by atoms with Crippen molar-refractivity contribution in [2.45, 2.75) is 19.3 Å². The van der Waals surface area contributed by atoms with E-state index in [-0.39, 0.29) is 5.91 Å². The molecule has 1 aliphatic rings. The van der Waals surface area contributed by atoms with Crippen LogP contribution in [0.1, 0.15) is 19.3 Å². The molecular formula is C11H16BrN5O. The number of carbonyl (C=O) groups is 1. The van der Waals surface area contributed by atoms with Gasteiger partial charge < -0.3 is 16.4 Å². The van der Waals surface area contributed by atoms with Crippen LogP contribution in [0.5, 0.6) is 0 Å². The number of nitrogen functional groups attached to an aromatic ring is 1. The van der Waals surface area contributed by atoms with E-state index in [0.717, 1.165) is 25.9 Å². The molecule has 7 heteroatoms. The van der Waals surface area contributed by atoms with Crippen molar-refractivity contribution in [1.29, 1.82) is 0 Å². The lowest BCUT2D eigenvalue weighted by atomic mass is 9.93. The van der Waals surface area contributed by atoms with Crippen LogP contribution < -0.4 is 16.4 Å². The van der Waals surface area contributed by atoms with Crippen molar-refractivity contribution in [2.24, 2.45) is 11.7 Å². The van der Waals surface area contributed by atoms with Gasteiger partial charge in [0.2, 0.25) is 11.9 Å². The highest BCUT2D eigenvalue weighted by Crippen LogP contribution is 2.24. The van der Waals surface area contributed by atoms with Crippen LogP contribution in [-0.4, -0.2) is 29.0 Å². The predicted octanol–water partition coefficient (Wildman–Crippen LogP) is 0.913. The zero-order chi connectivity index (χ0) is 13.1. The summed E-state index contributed by atoms with van der Waals surface area (Å²) in [6.07, 6.45) is 2.33. The van der Waals surface area contributed by atoms with E-state index in [2.05, 4.69) is 30.8 Å². The Balaban J connectivity index is 1.98. The monoisotopic (exact) mass is 313 g/mol. The Bertz CT molecular complexity index is 425. The molecule has 0 spiro atoms. The molecule has 1 amide bonds. The minimum Gasteiger partial charge on any atom is -0.383 e. The Labute approximate surface area is 114 Å². The summed E-state index contributed by atoms with van der Waals surface area (Å²) in [5, 5.41) is 0. The number of hydrogen-bond donors (Lipinski definition) is 2. The molecule has 0 aromatic carbocycles. The van der Waals surface area contributed by atoms with Crippen LogP contribution in [0.3, 0.4) is 0 Å². The van der Waals surface area contributed by atoms with Gasteiger partial charge in [0.25, 0.3) is 0 Å². The van der Waals surface area contributed by atoms with Crippen LogP contribution in [0.2, 0.25) is 0 Å². The molecule has 1 saturated heterocycles. The topological polar surface area (TPSA) is 98.1 Å². The largest absolute Gasteiger partial charge is 0.383 e. The van der Waals surface area contributed by atoms with Gasteiger partial charge in [0.05, 0.1) is 0 Å². The van der Waals surface area contributed by atoms with Gasteiger partial charge in [-0.05, 0) is 34.7 Å². The van der Waals surface area contributed by atoms with Gasteiger partial charge in [0, 0.05) is 25.6 Å². The van der Waals surface area contributed by atoms with Crippen LogP contribution in [0.25, 0.3) is 0 Å². The first-order valence-corrected chi connectivity index (χ1v) is 6.67. The van der Waals surface area contributed by atoms with Crippen LogP contribution in [-0.2, 0) is 4.79 Å². The number of carbonyl (C=O) groups excluding carboxylic acids is 1. The second-order valence-electron chi connectivity index (χ2n) is 4.52. The maximum Gasteiger partial charge on any atom is 0.228 e. The molecule has 1 aliphatic heterocycles. The smallest absolute Gasteiger partial charge is 0.228 e. The van der Waals surface area contributed by atoms with Crippen molar-refractivity contribution in [3.63, 3.8) is 0 Å². The fourth-order valence-corrected chi connectivity index (χ4v) is 2.58. The fraction of sp³-hybridized carbons (Fsp3) is 0.545. The Morgan fingerprint density at radius 1 is 1.44 bits per heavy atom. The van der Waals surface area contributed by atoms with E-state index >= 15 is 0 Å². The molecule has 1 aromatic rings. The van der Waals surface area contributed by atoms with Gasteiger partial charge in [-0.2, -0.15) is 4.98 Å². The van der Waals surface area contributed by atoms with E-state index in [1.807, 2.05) is 0 Å². The number of rotatable bonds is 3. The Morgan fingerprint density at radius 3 is 2.67 bits per heavy atom. The predicted molar refractivity (Wildman–Crippen MR) is 72.9 cm³/mol. The molecule has 98 valence electrons. The van der Waals surface area contributed by atoms with Crippen LogP contribution >= 0.6 is 15.9 Å². The summed E-state index contributed by atoms with van der Waals surface area (Å²) < 4.78 is 0.684. The zero-order valence-electron chi connectivity index (χ0n) is 9.97. The van der Waals surface area contributed by atoms with Crippen molar-refractivity contribution < 1.29 is 4.79 Å². The normalized spacial score (nSPS) is 16.8. The molecule has 1 fully saturated rings. The molecule has 1 aromatic heterocycles. The summed E-state index contributed by atoms with van der Waals surface area (Å²) in [4.78, 5) is 21.5. The van der Waals surface area contributed by atoms with Crippen molar-refractivity contribution in [3.05, 3.63) is 10.7 Å². The number of halogens is 1. The lowest BCUT2D eigenvalue weighted by Crippen LogP contribution is -2.36. The minimum absolute atomic E-state index is 0.226. The average Bonchev–Trinajstić information content (AvgIpc) is 2.27. The number of piperidine rings is 1. The molecule has 0 unspecified atom stereocenters. The van der Waals surface area contributed by atoms with Gasteiger partial charge in [0.15, 0.2) is 0 Å². The summed E-state index contributed by atoms with van der Waals surface area (Å²) in [6, 6.07) is 1.67. The summed E-state index contributed by atoms with van der Waals surface area (Å²) in [5.74, 6) is 1.24. The first kappa shape index (κ1) is 13.1. The third-order valence-corrected chi connectivity index (χ3v) is 3.50. The maximum absolute atomic E-state index is 10.9. The maximum atomic E-state index is 10.9. The number of nitrogens with two attached hydrogens (primary N) is 2. The molecule has 0 radical (unpaired) electrons. The van der Waals surface area contributed by atoms with Crippen molar-refractivity contribution >= 4 is 33.6 Å². The van der Waals surface area contributed by atoms with Crippen LogP contribution in [0.4, 0.5) is 11.8 Å². The van der Waals surface area contributed by atoms with Crippen molar-refractivity contribution in [2.75, 3.05) is 23.7 Å². The Morgan fingerprint density at radius 2 is 2.11 bits per heavy atom. The van der Waals surface area contributed by atoms with E-state index in [1.165, 1.54) is 0 Å². The second-order valence-corrected chi connectivity index (χ2v) is 5.33. The van der Waals surface area contributed by atoms with E-state index in [4.69, 9.17) is 11.5 Å². The third kappa shape index (κ3) is 3.32. The lowest BCUT2D eigenvalue weighted by molar-refractivity contribution is -0.119. The van der Waals surface area contributed by atoms with Gasteiger partial charge in [-0.25, -0.2) is 4.98 Å². The van der Waals surface area contributed by atoms with Crippen molar-refractivity contribution in [3.8, 4) is 0 Å². The Hall–Kier alpha value is -1.37. The molecule has 2 rings (SSSR count). The summed E-state index contributed by atoms with van der Waals surface area (Å²) in [7, 11) is 0. The molecule has 4 N–H and O–H groups in total. The Kier molecular flexibility index (Phi) is 4.00. The summed E-state index contributed by atoms with van der Waals surface area (Å²) in [6.45, 7) is 1.65. The molecule has 0 atom stereocenters. The number of hydrogen-bond acceptors (Lipinski definition) is 5. The molecule has 0 bridgehead atoms. The first-order valence-electron chi connectivity index (χ1n) is 5.88. The lowest BCUT2D eigenvalue weighted by Gasteiger charge is -2.31. The van der Waals surface area contributed by atoms with E-state index in [1.54, 1.807) is 6.07 Å². The standard InChI is InChI=1S/C11H16BrN5O/c12-8-6-9(13)16-11(15-8)17-3-1-7(2-4-17)5-10(14)18/h6-7H,1-5H2,(H2,14,18)(H2,13,15,16). The SMILES string of the molecule is NC(=O)CC1CCN(c2nc(N)cc(Br)n2)CC1. The number of primary amides is 1. The number of anilines is 2. The molecule has 0 saturated carbocycles. The van der Waals surface area contributed by atoms with Gasteiger partial charge in [0.1, 0.15) is 10.4 Å². The molecule has 2 heterocycles. The highest BCUT2D eigenvalue weighted by atomic mass is 79.9. The number of aromatic nitrogens is 2. The van der Waals surface area contributed by atoms with E-state index in [9.17, 15) is 4.79 Å². The molecular weight excluding hydrogens is 298 g/mol. The first-order chi connectivity index (χ1) is 8.54. The van der Waals surface area contributed by atoms with Crippen LogP contribution in [0, 0.1) is 5.92 Å². The quantitative estimate of drug-likeness (QED) is 0.808. The van der Waals surface area contributed by atoms with E-state index < -0.39 is 0 Å². The van der Waals surface area contributed by atoms with Gasteiger partial charge in [-0.15, -0.1) is 0 Å². The minimum atomic E-state index is -0.226. The highest BCUT2D eigenvalue weighted by Gasteiger charge is 2.22. The van der Waals surface area contributed by atoms with E-state index in [0.29, 0.717) is 28.7 Å². The van der Waals surface area contributed by atoms with Crippen molar-refractivity contribution in [1.82, 2.24) is 9.97 Å². The van der Waals surface area contributed by atoms with Crippen LogP contribution in [0.15, 0.2) is 10.7 Å². The zero-order valence-corrected chi connectivity index (χ0v) is 11.6. The molecule has 0 aliphatic carbocycles. The summed E-state index contributed by atoms with van der Waals surface area (Å²) in [5.41, 5.74) is 10.9. The third-order valence-electron chi connectivity index (χ3n) is 3.09. The average molecular weight is 314 g/mol.